The maximum Gasteiger partial charge on any atom is 0.374 e. The summed E-state index contributed by atoms with van der Waals surface area (Å²) in [7, 11) is 0. The second-order valence-corrected chi connectivity index (χ2v) is 2.83. The molecule has 7 nitrogen and oxygen atoms in total. The summed E-state index contributed by atoms with van der Waals surface area (Å²) in [5, 5.41) is 11.7. The van der Waals surface area contributed by atoms with E-state index < -0.39 is 5.97 Å². The maximum atomic E-state index is 10.7. The highest BCUT2D eigenvalue weighted by Crippen LogP contribution is 2.15. The monoisotopic (exact) mass is 207 g/mol. The fourth-order valence-electron chi connectivity index (χ4n) is 1.22. The third kappa shape index (κ3) is 1.58. The first-order chi connectivity index (χ1) is 7.22. The molecule has 0 saturated heterocycles. The standard InChI is InChI=1S/C8H9N5O2/c1-2-9-5-4-6(11-3-10-4)13-7(12-5)8(14)15/h3H,2H2,1H3,(H,14,15)(H2,9,10,11,12,13). The Hall–Kier alpha value is -2.18. The van der Waals surface area contributed by atoms with Gasteiger partial charge in [0.05, 0.1) is 6.33 Å². The van der Waals surface area contributed by atoms with Crippen molar-refractivity contribution in [1.82, 2.24) is 19.9 Å². The van der Waals surface area contributed by atoms with Gasteiger partial charge in [-0.2, -0.15) is 0 Å². The summed E-state index contributed by atoms with van der Waals surface area (Å²) in [5.74, 6) is -0.970. The van der Waals surface area contributed by atoms with Gasteiger partial charge in [0.2, 0.25) is 5.82 Å². The molecule has 2 aromatic heterocycles. The van der Waals surface area contributed by atoms with Crippen LogP contribution in [0, 0.1) is 0 Å². The van der Waals surface area contributed by atoms with Gasteiger partial charge in [0.1, 0.15) is 5.52 Å². The van der Waals surface area contributed by atoms with E-state index in [2.05, 4.69) is 25.3 Å². The van der Waals surface area contributed by atoms with E-state index in [-0.39, 0.29) is 5.82 Å². The minimum Gasteiger partial charge on any atom is -0.475 e. The molecule has 0 atom stereocenters. The zero-order chi connectivity index (χ0) is 10.8. The molecule has 0 spiro atoms. The molecular formula is C8H9N5O2. The minimum atomic E-state index is -1.17. The summed E-state index contributed by atoms with van der Waals surface area (Å²) < 4.78 is 0. The number of nitrogens with one attached hydrogen (secondary N) is 2. The lowest BCUT2D eigenvalue weighted by atomic mass is 10.4. The first-order valence-corrected chi connectivity index (χ1v) is 4.40. The predicted molar refractivity (Wildman–Crippen MR) is 52.8 cm³/mol. The van der Waals surface area contributed by atoms with E-state index >= 15 is 0 Å². The fourth-order valence-corrected chi connectivity index (χ4v) is 1.22. The average molecular weight is 207 g/mol. The van der Waals surface area contributed by atoms with Gasteiger partial charge < -0.3 is 15.4 Å². The minimum absolute atomic E-state index is 0.259. The first kappa shape index (κ1) is 9.38. The Morgan fingerprint density at radius 3 is 3.07 bits per heavy atom. The highest BCUT2D eigenvalue weighted by Gasteiger charge is 2.13. The molecule has 2 heterocycles. The number of hydrogen-bond acceptors (Lipinski definition) is 5. The molecular weight excluding hydrogens is 198 g/mol. The third-order valence-corrected chi connectivity index (χ3v) is 1.82. The average Bonchev–Trinajstić information content (AvgIpc) is 2.65. The van der Waals surface area contributed by atoms with E-state index in [4.69, 9.17) is 5.11 Å². The number of aromatic carboxylic acids is 1. The van der Waals surface area contributed by atoms with Gasteiger partial charge in [-0.1, -0.05) is 0 Å². The molecule has 3 N–H and O–H groups in total. The first-order valence-electron chi connectivity index (χ1n) is 4.40. The van der Waals surface area contributed by atoms with Crippen molar-refractivity contribution in [3.63, 3.8) is 0 Å². The number of imidazole rings is 1. The lowest BCUT2D eigenvalue weighted by Gasteiger charge is -2.03. The van der Waals surface area contributed by atoms with Gasteiger partial charge in [-0.15, -0.1) is 0 Å². The van der Waals surface area contributed by atoms with Crippen LogP contribution in [0.25, 0.3) is 11.2 Å². The van der Waals surface area contributed by atoms with Gasteiger partial charge in [0, 0.05) is 6.54 Å². The zero-order valence-electron chi connectivity index (χ0n) is 7.98. The van der Waals surface area contributed by atoms with Crippen LogP contribution < -0.4 is 5.32 Å². The summed E-state index contributed by atoms with van der Waals surface area (Å²) in [6.07, 6.45) is 1.45. The summed E-state index contributed by atoms with van der Waals surface area (Å²) in [6.45, 7) is 2.54. The smallest absolute Gasteiger partial charge is 0.374 e. The molecule has 0 aromatic carbocycles. The molecule has 78 valence electrons. The Morgan fingerprint density at radius 1 is 1.60 bits per heavy atom. The van der Waals surface area contributed by atoms with Crippen LogP contribution in [0.3, 0.4) is 0 Å². The SMILES string of the molecule is CCNc1nc(C(=O)O)nc2nc[nH]c12. The van der Waals surface area contributed by atoms with Crippen molar-refractivity contribution < 1.29 is 9.90 Å². The Morgan fingerprint density at radius 2 is 2.40 bits per heavy atom. The van der Waals surface area contributed by atoms with E-state index in [9.17, 15) is 4.79 Å². The van der Waals surface area contributed by atoms with Crippen LogP contribution in [0.15, 0.2) is 6.33 Å². The number of carbonyl (C=O) groups is 1. The molecule has 0 amide bonds. The van der Waals surface area contributed by atoms with Crippen molar-refractivity contribution in [3.05, 3.63) is 12.2 Å². The van der Waals surface area contributed by atoms with Crippen molar-refractivity contribution in [2.45, 2.75) is 6.92 Å². The van der Waals surface area contributed by atoms with Crippen molar-refractivity contribution in [3.8, 4) is 0 Å². The van der Waals surface area contributed by atoms with Gasteiger partial charge in [0.15, 0.2) is 11.5 Å². The van der Waals surface area contributed by atoms with Gasteiger partial charge in [-0.3, -0.25) is 0 Å². The topological polar surface area (TPSA) is 104 Å². The van der Waals surface area contributed by atoms with E-state index in [0.29, 0.717) is 23.5 Å². The number of H-pyrrole nitrogens is 1. The second-order valence-electron chi connectivity index (χ2n) is 2.83. The molecule has 0 saturated carbocycles. The second kappa shape index (κ2) is 3.52. The summed E-state index contributed by atoms with van der Waals surface area (Å²) in [4.78, 5) is 25.1. The number of rotatable bonds is 3. The van der Waals surface area contributed by atoms with Crippen LogP contribution in [0.4, 0.5) is 5.82 Å². The molecule has 0 unspecified atom stereocenters. The van der Waals surface area contributed by atoms with Crippen LogP contribution in [0.1, 0.15) is 17.5 Å². The molecule has 2 aromatic rings. The Labute approximate surface area is 84.6 Å². The van der Waals surface area contributed by atoms with Crippen molar-refractivity contribution in [1.29, 1.82) is 0 Å². The normalized spacial score (nSPS) is 10.5. The van der Waals surface area contributed by atoms with Crippen molar-refractivity contribution in [2.75, 3.05) is 11.9 Å². The largest absolute Gasteiger partial charge is 0.475 e. The summed E-state index contributed by atoms with van der Waals surface area (Å²) in [6, 6.07) is 0. The maximum absolute atomic E-state index is 10.7. The number of fused-ring (bicyclic) bond motifs is 1. The van der Waals surface area contributed by atoms with Gasteiger partial charge >= 0.3 is 5.97 Å². The van der Waals surface area contributed by atoms with Crippen molar-refractivity contribution >= 4 is 23.0 Å². The number of carboxylic acids is 1. The van der Waals surface area contributed by atoms with E-state index in [0.717, 1.165) is 0 Å². The molecule has 0 aliphatic rings. The number of hydrogen-bond donors (Lipinski definition) is 3. The van der Waals surface area contributed by atoms with Gasteiger partial charge in [0.25, 0.3) is 0 Å². The molecule has 2 rings (SSSR count). The molecule has 0 fully saturated rings. The molecule has 0 aliphatic heterocycles. The molecule has 0 radical (unpaired) electrons. The molecule has 0 aliphatic carbocycles. The fraction of sp³-hybridized carbons (Fsp3) is 0.250. The number of aromatic nitrogens is 4. The van der Waals surface area contributed by atoms with Crippen molar-refractivity contribution in [2.24, 2.45) is 0 Å². The number of aromatic amines is 1. The lowest BCUT2D eigenvalue weighted by molar-refractivity contribution is 0.0684. The quantitative estimate of drug-likeness (QED) is 0.676. The van der Waals surface area contributed by atoms with Crippen LogP contribution in [0.5, 0.6) is 0 Å². The van der Waals surface area contributed by atoms with E-state index in [1.54, 1.807) is 0 Å². The summed E-state index contributed by atoms with van der Waals surface area (Å²) in [5.41, 5.74) is 0.959. The lowest BCUT2D eigenvalue weighted by Crippen LogP contribution is -2.08. The van der Waals surface area contributed by atoms with E-state index in [1.165, 1.54) is 6.33 Å². The van der Waals surface area contributed by atoms with Crippen LogP contribution in [0.2, 0.25) is 0 Å². The van der Waals surface area contributed by atoms with Gasteiger partial charge in [-0.05, 0) is 6.92 Å². The third-order valence-electron chi connectivity index (χ3n) is 1.82. The molecule has 7 heteroatoms. The van der Waals surface area contributed by atoms with E-state index in [1.807, 2.05) is 6.92 Å². The Bertz CT molecular complexity index is 507. The zero-order valence-corrected chi connectivity index (χ0v) is 7.98. The van der Waals surface area contributed by atoms with Crippen LogP contribution in [-0.2, 0) is 0 Å². The molecule has 0 bridgehead atoms. The molecule has 15 heavy (non-hydrogen) atoms. The van der Waals surface area contributed by atoms with Gasteiger partial charge in [-0.25, -0.2) is 19.7 Å². The Kier molecular flexibility index (Phi) is 2.20. The highest BCUT2D eigenvalue weighted by atomic mass is 16.4. The number of carboxylic acid groups (broad SMARTS) is 1. The Balaban J connectivity index is 2.63. The summed E-state index contributed by atoms with van der Waals surface area (Å²) >= 11 is 0. The predicted octanol–water partition coefficient (Wildman–Crippen LogP) is 0.483. The van der Waals surface area contributed by atoms with Crippen LogP contribution in [-0.4, -0.2) is 37.6 Å². The highest BCUT2D eigenvalue weighted by molar-refractivity contribution is 5.89. The van der Waals surface area contributed by atoms with Crippen LogP contribution >= 0.6 is 0 Å². The number of anilines is 1. The number of nitrogens with zero attached hydrogens (tertiary/aromatic N) is 3.